The number of hydrogen-bond acceptors (Lipinski definition) is 5. The lowest BCUT2D eigenvalue weighted by Crippen LogP contribution is -2.13. The lowest BCUT2D eigenvalue weighted by molar-refractivity contribution is 0.102. The molecule has 0 saturated carbocycles. The van der Waals surface area contributed by atoms with Gasteiger partial charge < -0.3 is 9.15 Å². The van der Waals surface area contributed by atoms with E-state index in [1.165, 1.54) is 24.0 Å². The zero-order valence-electron chi connectivity index (χ0n) is 14.5. The van der Waals surface area contributed by atoms with Crippen molar-refractivity contribution >= 4 is 11.9 Å². The van der Waals surface area contributed by atoms with Crippen LogP contribution in [0, 0.1) is 0 Å². The first kappa shape index (κ1) is 16.3. The molecule has 0 fully saturated rings. The number of amides is 1. The Morgan fingerprint density at radius 3 is 2.58 bits per heavy atom. The normalized spacial score (nSPS) is 13.1. The highest BCUT2D eigenvalue weighted by Gasteiger charge is 2.16. The third kappa shape index (κ3) is 3.31. The minimum absolute atomic E-state index is 0.0820. The maximum atomic E-state index is 12.5. The van der Waals surface area contributed by atoms with E-state index in [0.29, 0.717) is 11.5 Å². The van der Waals surface area contributed by atoms with Crippen LogP contribution in [0.5, 0.6) is 5.75 Å². The molecule has 0 aliphatic heterocycles. The van der Waals surface area contributed by atoms with Crippen molar-refractivity contribution in [2.45, 2.75) is 25.7 Å². The number of nitrogens with one attached hydrogen (secondary N) is 1. The Kier molecular flexibility index (Phi) is 4.39. The average Bonchev–Trinajstić information content (AvgIpc) is 3.16. The fourth-order valence-corrected chi connectivity index (χ4v) is 3.17. The van der Waals surface area contributed by atoms with E-state index in [2.05, 4.69) is 15.5 Å². The highest BCUT2D eigenvalue weighted by Crippen LogP contribution is 2.24. The predicted octanol–water partition coefficient (Wildman–Crippen LogP) is 3.88. The highest BCUT2D eigenvalue weighted by atomic mass is 16.5. The zero-order valence-corrected chi connectivity index (χ0v) is 14.5. The number of carbonyl (C=O) groups is 1. The van der Waals surface area contributed by atoms with Gasteiger partial charge in [0.15, 0.2) is 0 Å². The van der Waals surface area contributed by atoms with Crippen molar-refractivity contribution in [3.63, 3.8) is 0 Å². The van der Waals surface area contributed by atoms with E-state index in [0.717, 1.165) is 24.2 Å². The quantitative estimate of drug-likeness (QED) is 0.773. The Labute approximate surface area is 151 Å². The van der Waals surface area contributed by atoms with Crippen LogP contribution < -0.4 is 10.1 Å². The number of hydrogen-bond donors (Lipinski definition) is 1. The van der Waals surface area contributed by atoms with Crippen molar-refractivity contribution in [1.29, 1.82) is 0 Å². The molecule has 0 radical (unpaired) electrons. The first-order chi connectivity index (χ1) is 12.7. The van der Waals surface area contributed by atoms with Gasteiger partial charge in [0.25, 0.3) is 5.91 Å². The molecule has 0 unspecified atom stereocenters. The summed E-state index contributed by atoms with van der Waals surface area (Å²) in [6.45, 7) is 0. The number of anilines is 1. The number of methoxy groups -OCH3 is 1. The average molecular weight is 349 g/mol. The summed E-state index contributed by atoms with van der Waals surface area (Å²) in [4.78, 5) is 12.5. The largest absolute Gasteiger partial charge is 0.497 e. The van der Waals surface area contributed by atoms with Gasteiger partial charge in [-0.2, -0.15) is 0 Å². The fourth-order valence-electron chi connectivity index (χ4n) is 3.17. The van der Waals surface area contributed by atoms with E-state index in [1.807, 2.05) is 42.5 Å². The molecule has 4 rings (SSSR count). The number of rotatable bonds is 4. The van der Waals surface area contributed by atoms with Gasteiger partial charge in [0, 0.05) is 11.1 Å². The van der Waals surface area contributed by atoms with Gasteiger partial charge in [-0.1, -0.05) is 11.2 Å². The zero-order chi connectivity index (χ0) is 17.9. The molecule has 2 aromatic carbocycles. The van der Waals surface area contributed by atoms with Crippen molar-refractivity contribution in [3.05, 3.63) is 59.2 Å². The van der Waals surface area contributed by atoms with Crippen LogP contribution in [0.25, 0.3) is 11.5 Å². The molecule has 1 N–H and O–H groups in total. The van der Waals surface area contributed by atoms with E-state index in [-0.39, 0.29) is 11.9 Å². The van der Waals surface area contributed by atoms with Gasteiger partial charge in [-0.3, -0.25) is 10.1 Å². The van der Waals surface area contributed by atoms with Crippen molar-refractivity contribution in [2.24, 2.45) is 0 Å². The van der Waals surface area contributed by atoms with Gasteiger partial charge in [-0.05, 0) is 73.2 Å². The Hall–Kier alpha value is -3.15. The van der Waals surface area contributed by atoms with Crippen LogP contribution in [0.4, 0.5) is 6.01 Å². The second-order valence-electron chi connectivity index (χ2n) is 6.29. The maximum Gasteiger partial charge on any atom is 0.322 e. The lowest BCUT2D eigenvalue weighted by Gasteiger charge is -2.16. The molecule has 0 saturated heterocycles. The van der Waals surface area contributed by atoms with Crippen LogP contribution in [-0.2, 0) is 12.8 Å². The summed E-state index contributed by atoms with van der Waals surface area (Å²) in [6.07, 6.45) is 4.51. The second kappa shape index (κ2) is 7.00. The molecule has 3 aromatic rings. The third-order valence-electron chi connectivity index (χ3n) is 4.59. The molecule has 26 heavy (non-hydrogen) atoms. The molecule has 1 heterocycles. The molecular formula is C20H19N3O3. The Balaban J connectivity index is 1.49. The van der Waals surface area contributed by atoms with Crippen molar-refractivity contribution in [1.82, 2.24) is 10.2 Å². The lowest BCUT2D eigenvalue weighted by atomic mass is 9.90. The van der Waals surface area contributed by atoms with E-state index < -0.39 is 0 Å². The number of ether oxygens (including phenoxy) is 1. The molecular weight excluding hydrogens is 330 g/mol. The Morgan fingerprint density at radius 1 is 1.04 bits per heavy atom. The van der Waals surface area contributed by atoms with E-state index in [1.54, 1.807) is 7.11 Å². The van der Waals surface area contributed by atoms with Gasteiger partial charge in [0.2, 0.25) is 5.89 Å². The number of carbonyl (C=O) groups excluding carboxylic acids is 1. The summed E-state index contributed by atoms with van der Waals surface area (Å²) < 4.78 is 10.7. The molecule has 1 aliphatic carbocycles. The summed E-state index contributed by atoms with van der Waals surface area (Å²) in [6, 6.07) is 13.2. The number of benzene rings is 2. The summed E-state index contributed by atoms with van der Waals surface area (Å²) in [5, 5.41) is 10.6. The van der Waals surface area contributed by atoms with Gasteiger partial charge in [0.1, 0.15) is 5.75 Å². The van der Waals surface area contributed by atoms with Crippen LogP contribution in [0.3, 0.4) is 0 Å². The van der Waals surface area contributed by atoms with E-state index in [4.69, 9.17) is 9.15 Å². The number of aryl methyl sites for hydroxylation is 2. The van der Waals surface area contributed by atoms with Crippen molar-refractivity contribution in [2.75, 3.05) is 12.4 Å². The third-order valence-corrected chi connectivity index (χ3v) is 4.59. The second-order valence-corrected chi connectivity index (χ2v) is 6.29. The first-order valence-corrected chi connectivity index (χ1v) is 8.64. The standard InChI is InChI=1S/C20H19N3O3/c1-25-17-10-8-14(9-11-17)19-22-23-20(26-19)21-18(24)16-7-6-13-4-2-3-5-15(13)12-16/h6-12H,2-5H2,1H3,(H,21,23,24). The summed E-state index contributed by atoms with van der Waals surface area (Å²) in [7, 11) is 1.61. The van der Waals surface area contributed by atoms with Gasteiger partial charge in [-0.25, -0.2) is 0 Å². The van der Waals surface area contributed by atoms with Gasteiger partial charge in [0.05, 0.1) is 7.11 Å². The Bertz CT molecular complexity index is 932. The van der Waals surface area contributed by atoms with Gasteiger partial charge >= 0.3 is 6.01 Å². The molecule has 0 spiro atoms. The minimum Gasteiger partial charge on any atom is -0.497 e. The monoisotopic (exact) mass is 349 g/mol. The molecule has 6 nitrogen and oxygen atoms in total. The SMILES string of the molecule is COc1ccc(-c2nnc(NC(=O)c3ccc4c(c3)CCCC4)o2)cc1. The summed E-state index contributed by atoms with van der Waals surface area (Å²) in [5.41, 5.74) is 3.96. The molecule has 1 aliphatic rings. The van der Waals surface area contributed by atoms with Crippen LogP contribution in [0.1, 0.15) is 34.3 Å². The van der Waals surface area contributed by atoms with Crippen LogP contribution in [0.2, 0.25) is 0 Å². The van der Waals surface area contributed by atoms with Crippen LogP contribution in [0.15, 0.2) is 46.9 Å². The van der Waals surface area contributed by atoms with Crippen molar-refractivity contribution in [3.8, 4) is 17.2 Å². The molecule has 0 atom stereocenters. The van der Waals surface area contributed by atoms with E-state index >= 15 is 0 Å². The number of aromatic nitrogens is 2. The topological polar surface area (TPSA) is 77.3 Å². The molecule has 132 valence electrons. The number of fused-ring (bicyclic) bond motifs is 1. The molecule has 6 heteroatoms. The van der Waals surface area contributed by atoms with Gasteiger partial charge in [-0.15, -0.1) is 5.10 Å². The first-order valence-electron chi connectivity index (χ1n) is 8.64. The van der Waals surface area contributed by atoms with E-state index in [9.17, 15) is 4.79 Å². The summed E-state index contributed by atoms with van der Waals surface area (Å²) in [5.74, 6) is 0.839. The molecule has 1 aromatic heterocycles. The molecule has 0 bridgehead atoms. The minimum atomic E-state index is -0.247. The summed E-state index contributed by atoms with van der Waals surface area (Å²) >= 11 is 0. The smallest absolute Gasteiger partial charge is 0.322 e. The fraction of sp³-hybridized carbons (Fsp3) is 0.250. The molecule has 1 amide bonds. The highest BCUT2D eigenvalue weighted by molar-refractivity contribution is 6.03. The van der Waals surface area contributed by atoms with Crippen LogP contribution >= 0.6 is 0 Å². The Morgan fingerprint density at radius 2 is 1.81 bits per heavy atom. The maximum absolute atomic E-state index is 12.5. The predicted molar refractivity (Wildman–Crippen MR) is 97.3 cm³/mol. The number of nitrogens with zero attached hydrogens (tertiary/aromatic N) is 2. The van der Waals surface area contributed by atoms with Crippen molar-refractivity contribution < 1.29 is 13.9 Å². The van der Waals surface area contributed by atoms with Crippen LogP contribution in [-0.4, -0.2) is 23.2 Å².